The molecule has 0 fully saturated rings. The first-order chi connectivity index (χ1) is 9.52. The van der Waals surface area contributed by atoms with E-state index in [0.717, 1.165) is 29.8 Å². The molecule has 21 heavy (non-hydrogen) atoms. The summed E-state index contributed by atoms with van der Waals surface area (Å²) < 4.78 is 5.52. The summed E-state index contributed by atoms with van der Waals surface area (Å²) in [4.78, 5) is 4.35. The Morgan fingerprint density at radius 1 is 1.38 bits per heavy atom. The number of rotatable bonds is 7. The van der Waals surface area contributed by atoms with Crippen molar-refractivity contribution in [2.24, 2.45) is 16.6 Å². The third kappa shape index (κ3) is 8.14. The zero-order chi connectivity index (χ0) is 15.0. The molecule has 0 aliphatic heterocycles. The van der Waals surface area contributed by atoms with Crippen LogP contribution >= 0.6 is 24.0 Å². The molecule has 0 aromatic heterocycles. The Balaban J connectivity index is 0.00000400. The predicted octanol–water partition coefficient (Wildman–Crippen LogP) is 3.46. The first kappa shape index (κ1) is 20.0. The molecule has 3 N–H and O–H groups in total. The summed E-state index contributed by atoms with van der Waals surface area (Å²) >= 11 is 0. The highest BCUT2D eigenvalue weighted by Gasteiger charge is 2.01. The SMILES string of the molecule is CCOc1ccc(CN=C(N)NCCC(C)C)cc1C.I. The van der Waals surface area contributed by atoms with Crippen molar-refractivity contribution in [2.75, 3.05) is 13.2 Å². The largest absolute Gasteiger partial charge is 0.494 e. The van der Waals surface area contributed by atoms with Crippen LogP contribution in [0.3, 0.4) is 0 Å². The number of benzene rings is 1. The quantitative estimate of drug-likeness (QED) is 0.415. The zero-order valence-electron chi connectivity index (χ0n) is 13.5. The molecule has 0 saturated carbocycles. The Bertz CT molecular complexity index is 447. The molecule has 0 heterocycles. The average molecular weight is 405 g/mol. The zero-order valence-corrected chi connectivity index (χ0v) is 15.8. The number of halogens is 1. The molecule has 0 bridgehead atoms. The van der Waals surface area contributed by atoms with Gasteiger partial charge in [-0.05, 0) is 43.4 Å². The topological polar surface area (TPSA) is 59.6 Å². The monoisotopic (exact) mass is 405 g/mol. The number of guanidine groups is 1. The van der Waals surface area contributed by atoms with Crippen LogP contribution in [0.1, 0.15) is 38.3 Å². The fourth-order valence-electron chi connectivity index (χ4n) is 1.85. The minimum absolute atomic E-state index is 0. The van der Waals surface area contributed by atoms with Crippen LogP contribution < -0.4 is 15.8 Å². The highest BCUT2D eigenvalue weighted by Crippen LogP contribution is 2.19. The Labute approximate surface area is 145 Å². The molecule has 0 spiro atoms. The second-order valence-electron chi connectivity index (χ2n) is 5.34. The van der Waals surface area contributed by atoms with E-state index in [0.29, 0.717) is 25.0 Å². The van der Waals surface area contributed by atoms with E-state index in [1.165, 1.54) is 0 Å². The lowest BCUT2D eigenvalue weighted by Crippen LogP contribution is -2.32. The van der Waals surface area contributed by atoms with Crippen LogP contribution in [-0.2, 0) is 6.54 Å². The van der Waals surface area contributed by atoms with E-state index in [-0.39, 0.29) is 24.0 Å². The second-order valence-corrected chi connectivity index (χ2v) is 5.34. The Hall–Kier alpha value is -0.980. The number of nitrogens with one attached hydrogen (secondary N) is 1. The van der Waals surface area contributed by atoms with Gasteiger partial charge in [0.2, 0.25) is 0 Å². The van der Waals surface area contributed by atoms with Crippen molar-refractivity contribution in [1.29, 1.82) is 0 Å². The van der Waals surface area contributed by atoms with E-state index >= 15 is 0 Å². The number of hydrogen-bond acceptors (Lipinski definition) is 2. The van der Waals surface area contributed by atoms with Crippen molar-refractivity contribution >= 4 is 29.9 Å². The van der Waals surface area contributed by atoms with Crippen LogP contribution in [0.2, 0.25) is 0 Å². The molecule has 0 amide bonds. The van der Waals surface area contributed by atoms with Crippen LogP contribution in [-0.4, -0.2) is 19.1 Å². The molecule has 0 unspecified atom stereocenters. The van der Waals surface area contributed by atoms with E-state index in [2.05, 4.69) is 30.2 Å². The Morgan fingerprint density at radius 2 is 2.10 bits per heavy atom. The van der Waals surface area contributed by atoms with Crippen LogP contribution in [0, 0.1) is 12.8 Å². The number of nitrogens with two attached hydrogens (primary N) is 1. The summed E-state index contributed by atoms with van der Waals surface area (Å²) in [6, 6.07) is 6.12. The van der Waals surface area contributed by atoms with Gasteiger partial charge in [0.05, 0.1) is 13.2 Å². The summed E-state index contributed by atoms with van der Waals surface area (Å²) in [5.74, 6) is 2.12. The Morgan fingerprint density at radius 3 is 2.67 bits per heavy atom. The minimum atomic E-state index is 0. The summed E-state index contributed by atoms with van der Waals surface area (Å²) in [6.07, 6.45) is 1.10. The van der Waals surface area contributed by atoms with Gasteiger partial charge in [-0.3, -0.25) is 0 Å². The van der Waals surface area contributed by atoms with Crippen molar-refractivity contribution in [3.05, 3.63) is 29.3 Å². The normalized spacial score (nSPS) is 11.2. The van der Waals surface area contributed by atoms with Crippen molar-refractivity contribution < 1.29 is 4.74 Å². The smallest absolute Gasteiger partial charge is 0.188 e. The van der Waals surface area contributed by atoms with Crippen LogP contribution in [0.5, 0.6) is 5.75 Å². The molecule has 5 heteroatoms. The highest BCUT2D eigenvalue weighted by atomic mass is 127. The molecule has 1 rings (SSSR count). The predicted molar refractivity (Wildman–Crippen MR) is 101 cm³/mol. The van der Waals surface area contributed by atoms with Crippen LogP contribution in [0.15, 0.2) is 23.2 Å². The maximum atomic E-state index is 5.84. The third-order valence-corrected chi connectivity index (χ3v) is 3.00. The van der Waals surface area contributed by atoms with E-state index in [4.69, 9.17) is 10.5 Å². The first-order valence-electron chi connectivity index (χ1n) is 7.29. The van der Waals surface area contributed by atoms with Crippen LogP contribution in [0.4, 0.5) is 0 Å². The maximum absolute atomic E-state index is 5.84. The van der Waals surface area contributed by atoms with Gasteiger partial charge in [-0.2, -0.15) is 0 Å². The van der Waals surface area contributed by atoms with E-state index in [1.807, 2.05) is 26.0 Å². The van der Waals surface area contributed by atoms with Gasteiger partial charge in [-0.1, -0.05) is 26.0 Å². The van der Waals surface area contributed by atoms with Gasteiger partial charge < -0.3 is 15.8 Å². The summed E-state index contributed by atoms with van der Waals surface area (Å²) in [5, 5.41) is 3.13. The highest BCUT2D eigenvalue weighted by molar-refractivity contribution is 14.0. The lowest BCUT2D eigenvalue weighted by molar-refractivity contribution is 0.338. The van der Waals surface area contributed by atoms with Crippen molar-refractivity contribution in [3.63, 3.8) is 0 Å². The molecular formula is C16H28IN3O. The lowest BCUT2D eigenvalue weighted by atomic mass is 10.1. The molecule has 0 aliphatic carbocycles. The molecule has 0 aliphatic rings. The van der Waals surface area contributed by atoms with Gasteiger partial charge >= 0.3 is 0 Å². The number of ether oxygens (including phenoxy) is 1. The third-order valence-electron chi connectivity index (χ3n) is 3.00. The van der Waals surface area contributed by atoms with Crippen molar-refractivity contribution in [3.8, 4) is 5.75 Å². The van der Waals surface area contributed by atoms with Gasteiger partial charge in [0.25, 0.3) is 0 Å². The fraction of sp³-hybridized carbons (Fsp3) is 0.562. The minimum Gasteiger partial charge on any atom is -0.494 e. The first-order valence-corrected chi connectivity index (χ1v) is 7.29. The molecular weight excluding hydrogens is 377 g/mol. The molecule has 4 nitrogen and oxygen atoms in total. The van der Waals surface area contributed by atoms with Crippen molar-refractivity contribution in [1.82, 2.24) is 5.32 Å². The average Bonchev–Trinajstić information content (AvgIpc) is 2.39. The molecule has 120 valence electrons. The second kappa shape index (κ2) is 10.7. The number of hydrogen-bond donors (Lipinski definition) is 2. The van der Waals surface area contributed by atoms with Gasteiger partial charge in [-0.25, -0.2) is 4.99 Å². The molecule has 0 atom stereocenters. The molecule has 0 radical (unpaired) electrons. The summed E-state index contributed by atoms with van der Waals surface area (Å²) in [6.45, 7) is 10.6. The van der Waals surface area contributed by atoms with Crippen molar-refractivity contribution in [2.45, 2.75) is 40.7 Å². The molecule has 0 saturated heterocycles. The van der Waals surface area contributed by atoms with E-state index in [9.17, 15) is 0 Å². The standard InChI is InChI=1S/C16H27N3O.HI/c1-5-20-15-7-6-14(10-13(15)4)11-19-16(17)18-9-8-12(2)3;/h6-7,10,12H,5,8-9,11H2,1-4H3,(H3,17,18,19);1H. The van der Waals surface area contributed by atoms with Gasteiger partial charge in [-0.15, -0.1) is 24.0 Å². The number of aryl methyl sites for hydroxylation is 1. The summed E-state index contributed by atoms with van der Waals surface area (Å²) in [7, 11) is 0. The van der Waals surface area contributed by atoms with Gasteiger partial charge in [0.1, 0.15) is 5.75 Å². The molecule has 1 aromatic rings. The maximum Gasteiger partial charge on any atom is 0.188 e. The lowest BCUT2D eigenvalue weighted by Gasteiger charge is -2.09. The molecule has 1 aromatic carbocycles. The fourth-order valence-corrected chi connectivity index (χ4v) is 1.85. The van der Waals surface area contributed by atoms with E-state index in [1.54, 1.807) is 0 Å². The van der Waals surface area contributed by atoms with E-state index < -0.39 is 0 Å². The summed E-state index contributed by atoms with van der Waals surface area (Å²) in [5.41, 5.74) is 8.11. The van der Waals surface area contributed by atoms with Gasteiger partial charge in [0.15, 0.2) is 5.96 Å². The van der Waals surface area contributed by atoms with Crippen LogP contribution in [0.25, 0.3) is 0 Å². The number of aliphatic imine (C=N–C) groups is 1. The Kier molecular flexibility index (Phi) is 10.2. The number of nitrogens with zero attached hydrogens (tertiary/aromatic N) is 1. The van der Waals surface area contributed by atoms with Gasteiger partial charge in [0, 0.05) is 6.54 Å².